The molecule has 8 heavy (non-hydrogen) atoms. The molecule has 0 aromatic heterocycles. The predicted octanol–water partition coefficient (Wildman–Crippen LogP) is 2.89. The van der Waals surface area contributed by atoms with Gasteiger partial charge in [0.2, 0.25) is 0 Å². The van der Waals surface area contributed by atoms with E-state index in [2.05, 4.69) is 27.7 Å². The highest BCUT2D eigenvalue weighted by atomic mass is 14.1. The van der Waals surface area contributed by atoms with Gasteiger partial charge in [-0.2, -0.15) is 0 Å². The van der Waals surface area contributed by atoms with Gasteiger partial charge >= 0.3 is 0 Å². The number of rotatable bonds is 3. The summed E-state index contributed by atoms with van der Waals surface area (Å²) in [7, 11) is 0. The first kappa shape index (κ1) is 8.00. The van der Waals surface area contributed by atoms with E-state index in [-0.39, 0.29) is 0 Å². The summed E-state index contributed by atoms with van der Waals surface area (Å²) < 4.78 is 0. The van der Waals surface area contributed by atoms with Crippen molar-refractivity contribution >= 4 is 0 Å². The van der Waals surface area contributed by atoms with E-state index in [9.17, 15) is 0 Å². The van der Waals surface area contributed by atoms with Crippen LogP contribution in [0.15, 0.2) is 0 Å². The molecule has 0 nitrogen and oxygen atoms in total. The molecule has 0 spiro atoms. The molecule has 0 heterocycles. The maximum Gasteiger partial charge on any atom is -0.0394 e. The van der Waals surface area contributed by atoms with Crippen molar-refractivity contribution in [2.45, 2.75) is 33.6 Å². The molecule has 1 unspecified atom stereocenters. The van der Waals surface area contributed by atoms with Crippen molar-refractivity contribution in [3.63, 3.8) is 0 Å². The van der Waals surface area contributed by atoms with Gasteiger partial charge in [0.05, 0.1) is 0 Å². The van der Waals surface area contributed by atoms with Gasteiger partial charge < -0.3 is 0 Å². The fourth-order valence-electron chi connectivity index (χ4n) is 1.09. The monoisotopic (exact) mass is 113 g/mol. The van der Waals surface area contributed by atoms with E-state index < -0.39 is 0 Å². The van der Waals surface area contributed by atoms with E-state index in [1.54, 1.807) is 0 Å². The third kappa shape index (κ3) is 2.34. The molecule has 0 aromatic carbocycles. The molecule has 0 saturated carbocycles. The van der Waals surface area contributed by atoms with Crippen LogP contribution in [0.25, 0.3) is 0 Å². The lowest BCUT2D eigenvalue weighted by molar-refractivity contribution is 0.392. The van der Waals surface area contributed by atoms with Crippen LogP contribution >= 0.6 is 0 Å². The Hall–Kier alpha value is 0. The van der Waals surface area contributed by atoms with Crippen molar-refractivity contribution in [3.8, 4) is 0 Å². The van der Waals surface area contributed by atoms with Gasteiger partial charge in [0.25, 0.3) is 0 Å². The summed E-state index contributed by atoms with van der Waals surface area (Å²) in [5.41, 5.74) is 0. The third-order valence-corrected chi connectivity index (χ3v) is 1.85. The minimum absolute atomic E-state index is 0.630. The summed E-state index contributed by atoms with van der Waals surface area (Å²) in [6, 6.07) is 0. The van der Waals surface area contributed by atoms with Crippen molar-refractivity contribution in [3.05, 3.63) is 6.92 Å². The standard InChI is InChI=1S/C8H17/c1-5-8(6-2)7(3)4/h7-8H,3,5-6H2,1-2,4H3. The van der Waals surface area contributed by atoms with Crippen LogP contribution in [0.2, 0.25) is 0 Å². The van der Waals surface area contributed by atoms with Gasteiger partial charge in [-0.05, 0) is 11.8 Å². The maximum absolute atomic E-state index is 3.98. The molecule has 0 aliphatic rings. The molecule has 0 fully saturated rings. The van der Waals surface area contributed by atoms with Crippen molar-refractivity contribution in [2.75, 3.05) is 0 Å². The van der Waals surface area contributed by atoms with Crippen LogP contribution in [0.5, 0.6) is 0 Å². The molecule has 0 aromatic rings. The molecule has 0 amide bonds. The molecule has 0 N–H and O–H groups in total. The summed E-state index contributed by atoms with van der Waals surface area (Å²) in [5, 5.41) is 0. The van der Waals surface area contributed by atoms with Crippen molar-refractivity contribution in [2.24, 2.45) is 11.8 Å². The van der Waals surface area contributed by atoms with Crippen LogP contribution in [-0.4, -0.2) is 0 Å². The lowest BCUT2D eigenvalue weighted by Crippen LogP contribution is -2.05. The minimum Gasteiger partial charge on any atom is -0.0651 e. The van der Waals surface area contributed by atoms with Crippen LogP contribution in [0, 0.1) is 18.8 Å². The van der Waals surface area contributed by atoms with E-state index >= 15 is 0 Å². The van der Waals surface area contributed by atoms with Crippen molar-refractivity contribution in [1.82, 2.24) is 0 Å². The fourth-order valence-corrected chi connectivity index (χ4v) is 1.09. The van der Waals surface area contributed by atoms with Gasteiger partial charge in [-0.3, -0.25) is 0 Å². The Balaban J connectivity index is 3.35. The topological polar surface area (TPSA) is 0 Å². The fraction of sp³-hybridized carbons (Fsp3) is 0.875. The Kier molecular flexibility index (Phi) is 3.94. The Labute approximate surface area is 53.3 Å². The Morgan fingerprint density at radius 2 is 1.62 bits per heavy atom. The van der Waals surface area contributed by atoms with E-state index in [1.807, 2.05) is 0 Å². The summed E-state index contributed by atoms with van der Waals surface area (Å²) in [4.78, 5) is 0. The average Bonchev–Trinajstić information content (AvgIpc) is 1.69. The molecule has 0 heteroatoms. The molecule has 0 rings (SSSR count). The zero-order valence-corrected chi connectivity index (χ0v) is 6.28. The van der Waals surface area contributed by atoms with Crippen LogP contribution in [0.4, 0.5) is 0 Å². The molecular weight excluding hydrogens is 96.1 g/mol. The summed E-state index contributed by atoms with van der Waals surface area (Å²) in [5.74, 6) is 1.47. The molecule has 1 atom stereocenters. The largest absolute Gasteiger partial charge is 0.0651 e. The molecule has 1 radical (unpaired) electrons. The highest BCUT2D eigenvalue weighted by Gasteiger charge is 2.06. The van der Waals surface area contributed by atoms with Crippen LogP contribution in [-0.2, 0) is 0 Å². The normalized spacial score (nSPS) is 11.2. The van der Waals surface area contributed by atoms with Crippen LogP contribution in [0.3, 0.4) is 0 Å². The second-order valence-electron chi connectivity index (χ2n) is 2.55. The Bertz CT molecular complexity index is 42.0. The van der Waals surface area contributed by atoms with Crippen molar-refractivity contribution < 1.29 is 0 Å². The van der Waals surface area contributed by atoms with Crippen LogP contribution < -0.4 is 0 Å². The molecule has 0 aliphatic heterocycles. The number of hydrogen-bond donors (Lipinski definition) is 0. The quantitative estimate of drug-likeness (QED) is 0.528. The minimum atomic E-state index is 0.630. The molecule has 49 valence electrons. The van der Waals surface area contributed by atoms with Crippen LogP contribution in [0.1, 0.15) is 33.6 Å². The zero-order chi connectivity index (χ0) is 6.57. The van der Waals surface area contributed by atoms with E-state index in [0.29, 0.717) is 5.92 Å². The third-order valence-electron chi connectivity index (χ3n) is 1.85. The second-order valence-corrected chi connectivity index (χ2v) is 2.55. The Morgan fingerprint density at radius 3 is 1.62 bits per heavy atom. The molecular formula is C8H17. The number of hydrogen-bond acceptors (Lipinski definition) is 0. The molecule has 0 saturated heterocycles. The van der Waals surface area contributed by atoms with E-state index in [0.717, 1.165) is 5.92 Å². The zero-order valence-electron chi connectivity index (χ0n) is 6.28. The highest BCUT2D eigenvalue weighted by Crippen LogP contribution is 2.16. The van der Waals surface area contributed by atoms with Gasteiger partial charge in [0.15, 0.2) is 0 Å². The summed E-state index contributed by atoms with van der Waals surface area (Å²) >= 11 is 0. The SMILES string of the molecule is [CH2]C(C)C(CC)CC. The van der Waals surface area contributed by atoms with E-state index in [4.69, 9.17) is 0 Å². The summed E-state index contributed by atoms with van der Waals surface area (Å²) in [6.07, 6.45) is 2.56. The van der Waals surface area contributed by atoms with Gasteiger partial charge in [0.1, 0.15) is 0 Å². The van der Waals surface area contributed by atoms with E-state index in [1.165, 1.54) is 12.8 Å². The second kappa shape index (κ2) is 3.94. The first-order valence-electron chi connectivity index (χ1n) is 3.55. The highest BCUT2D eigenvalue weighted by molar-refractivity contribution is 4.63. The summed E-state index contributed by atoms with van der Waals surface area (Å²) in [6.45, 7) is 10.6. The first-order valence-corrected chi connectivity index (χ1v) is 3.55. The van der Waals surface area contributed by atoms with Gasteiger partial charge in [-0.25, -0.2) is 0 Å². The van der Waals surface area contributed by atoms with Gasteiger partial charge in [-0.1, -0.05) is 40.5 Å². The maximum atomic E-state index is 3.98. The molecule has 0 bridgehead atoms. The predicted molar refractivity (Wildman–Crippen MR) is 38.6 cm³/mol. The van der Waals surface area contributed by atoms with Gasteiger partial charge in [0, 0.05) is 0 Å². The first-order chi connectivity index (χ1) is 3.72. The smallest absolute Gasteiger partial charge is 0.0394 e. The van der Waals surface area contributed by atoms with Gasteiger partial charge in [-0.15, -0.1) is 0 Å². The molecule has 0 aliphatic carbocycles. The lowest BCUT2D eigenvalue weighted by Gasteiger charge is -2.15. The Morgan fingerprint density at radius 1 is 1.25 bits per heavy atom. The average molecular weight is 113 g/mol. The van der Waals surface area contributed by atoms with Crippen molar-refractivity contribution in [1.29, 1.82) is 0 Å². The lowest BCUT2D eigenvalue weighted by atomic mass is 9.91.